The molecule has 17 heavy (non-hydrogen) atoms. The van der Waals surface area contributed by atoms with E-state index in [1.165, 1.54) is 30.6 Å². The van der Waals surface area contributed by atoms with Crippen LogP contribution in [0.15, 0.2) is 23.2 Å². The third-order valence-corrected chi connectivity index (χ3v) is 5.02. The maximum atomic E-state index is 5.94. The van der Waals surface area contributed by atoms with Gasteiger partial charge < -0.3 is 10.5 Å². The maximum absolute atomic E-state index is 5.94. The predicted octanol–water partition coefficient (Wildman–Crippen LogP) is 2.86. The van der Waals surface area contributed by atoms with Crippen LogP contribution in [0.25, 0.3) is 0 Å². The number of rotatable bonds is 2. The number of aromatic nitrogens is 1. The fraction of sp³-hybridized carbons (Fsp3) is 0.615. The van der Waals surface area contributed by atoms with E-state index in [4.69, 9.17) is 10.5 Å². The molecule has 0 amide bonds. The van der Waals surface area contributed by atoms with E-state index < -0.39 is 0 Å². The van der Waals surface area contributed by atoms with Crippen LogP contribution in [-0.2, 0) is 4.74 Å². The predicted molar refractivity (Wildman–Crippen MR) is 70.1 cm³/mol. The summed E-state index contributed by atoms with van der Waals surface area (Å²) in [6, 6.07) is 3.94. The van der Waals surface area contributed by atoms with Gasteiger partial charge in [0, 0.05) is 22.9 Å². The zero-order chi connectivity index (χ0) is 11.7. The van der Waals surface area contributed by atoms with E-state index in [2.05, 4.69) is 11.1 Å². The standard InChI is InChI=1S/C13H18N2OS/c14-12-3-2-11(9-15-12)17-10-4-7-16-13(8-10)5-1-6-13/h2-3,9-10H,1,4-8H2,(H2,14,15). The van der Waals surface area contributed by atoms with Gasteiger partial charge in [-0.3, -0.25) is 0 Å². The average Bonchev–Trinajstić information content (AvgIpc) is 2.31. The number of thioether (sulfide) groups is 1. The molecule has 2 fully saturated rings. The highest BCUT2D eigenvalue weighted by molar-refractivity contribution is 8.00. The zero-order valence-corrected chi connectivity index (χ0v) is 10.7. The molecule has 1 unspecified atom stereocenters. The van der Waals surface area contributed by atoms with E-state index in [0.29, 0.717) is 11.1 Å². The molecule has 1 aromatic rings. The minimum absolute atomic E-state index is 0.233. The molecule has 3 rings (SSSR count). The molecule has 4 heteroatoms. The highest BCUT2D eigenvalue weighted by Gasteiger charge is 2.42. The minimum atomic E-state index is 0.233. The molecule has 92 valence electrons. The number of nitrogens with two attached hydrogens (primary N) is 1. The van der Waals surface area contributed by atoms with Crippen molar-refractivity contribution in [3.63, 3.8) is 0 Å². The van der Waals surface area contributed by atoms with Crippen molar-refractivity contribution in [2.45, 2.75) is 47.9 Å². The lowest BCUT2D eigenvalue weighted by Crippen LogP contribution is -2.46. The molecule has 1 aliphatic carbocycles. The number of nitrogen functional groups attached to an aromatic ring is 1. The van der Waals surface area contributed by atoms with Crippen molar-refractivity contribution < 1.29 is 4.74 Å². The summed E-state index contributed by atoms with van der Waals surface area (Å²) in [5.41, 5.74) is 5.83. The van der Waals surface area contributed by atoms with Crippen LogP contribution in [0.4, 0.5) is 5.82 Å². The van der Waals surface area contributed by atoms with Crippen LogP contribution in [0.5, 0.6) is 0 Å². The van der Waals surface area contributed by atoms with Crippen molar-refractivity contribution in [1.29, 1.82) is 0 Å². The fourth-order valence-corrected chi connectivity index (χ4v) is 3.90. The molecule has 0 radical (unpaired) electrons. The number of hydrogen-bond acceptors (Lipinski definition) is 4. The lowest BCUT2D eigenvalue weighted by Gasteiger charge is -2.47. The molecular weight excluding hydrogens is 232 g/mol. The molecule has 2 N–H and O–H groups in total. The molecule has 0 aromatic carbocycles. The van der Waals surface area contributed by atoms with Crippen molar-refractivity contribution in [2.75, 3.05) is 12.3 Å². The van der Waals surface area contributed by atoms with Crippen molar-refractivity contribution in [2.24, 2.45) is 0 Å². The molecular formula is C13H18N2OS. The van der Waals surface area contributed by atoms with Crippen LogP contribution in [0.3, 0.4) is 0 Å². The van der Waals surface area contributed by atoms with Gasteiger partial charge >= 0.3 is 0 Å². The summed E-state index contributed by atoms with van der Waals surface area (Å²) in [6.45, 7) is 0.917. The Bertz CT molecular complexity index is 389. The van der Waals surface area contributed by atoms with Crippen molar-refractivity contribution in [1.82, 2.24) is 4.98 Å². The zero-order valence-electron chi connectivity index (χ0n) is 9.89. The maximum Gasteiger partial charge on any atom is 0.123 e. The van der Waals surface area contributed by atoms with Gasteiger partial charge in [-0.1, -0.05) is 0 Å². The first-order valence-corrected chi connectivity index (χ1v) is 7.16. The smallest absolute Gasteiger partial charge is 0.123 e. The molecule has 1 spiro atoms. The van der Waals surface area contributed by atoms with Crippen molar-refractivity contribution in [3.05, 3.63) is 18.3 Å². The van der Waals surface area contributed by atoms with E-state index in [1.807, 2.05) is 24.0 Å². The Morgan fingerprint density at radius 2 is 2.29 bits per heavy atom. The van der Waals surface area contributed by atoms with Gasteiger partial charge in [-0.05, 0) is 44.2 Å². The van der Waals surface area contributed by atoms with Crippen LogP contribution in [0.2, 0.25) is 0 Å². The van der Waals surface area contributed by atoms with Crippen molar-refractivity contribution in [3.8, 4) is 0 Å². The van der Waals surface area contributed by atoms with Gasteiger partial charge in [-0.15, -0.1) is 11.8 Å². The molecule has 1 aliphatic heterocycles. The van der Waals surface area contributed by atoms with Crippen LogP contribution < -0.4 is 5.73 Å². The number of nitrogens with zero attached hydrogens (tertiary/aromatic N) is 1. The summed E-state index contributed by atoms with van der Waals surface area (Å²) >= 11 is 1.93. The highest BCUT2D eigenvalue weighted by atomic mass is 32.2. The largest absolute Gasteiger partial charge is 0.384 e. The van der Waals surface area contributed by atoms with Gasteiger partial charge in [0.05, 0.1) is 5.60 Å². The van der Waals surface area contributed by atoms with Crippen molar-refractivity contribution >= 4 is 17.6 Å². The SMILES string of the molecule is Nc1ccc(SC2CCOC3(CCC3)C2)cn1. The first-order valence-electron chi connectivity index (χ1n) is 6.28. The van der Waals surface area contributed by atoms with E-state index >= 15 is 0 Å². The Balaban J connectivity index is 1.63. The molecule has 2 heterocycles. The van der Waals surface area contributed by atoms with Gasteiger partial charge in [0.25, 0.3) is 0 Å². The average molecular weight is 250 g/mol. The summed E-state index contributed by atoms with van der Waals surface area (Å²) in [6.07, 6.45) is 8.07. The highest BCUT2D eigenvalue weighted by Crippen LogP contribution is 2.46. The first kappa shape index (κ1) is 11.4. The third-order valence-electron chi connectivity index (χ3n) is 3.77. The Hall–Kier alpha value is -0.740. The second-order valence-electron chi connectivity index (χ2n) is 5.04. The van der Waals surface area contributed by atoms with Crippen LogP contribution >= 0.6 is 11.8 Å². The summed E-state index contributed by atoms with van der Waals surface area (Å²) in [5.74, 6) is 0.594. The molecule has 0 bridgehead atoms. The van der Waals surface area contributed by atoms with E-state index in [-0.39, 0.29) is 5.60 Å². The Labute approximate surface area is 106 Å². The second-order valence-corrected chi connectivity index (χ2v) is 6.41. The lowest BCUT2D eigenvalue weighted by molar-refractivity contribution is -0.125. The Kier molecular flexibility index (Phi) is 3.01. The quantitative estimate of drug-likeness (QED) is 0.876. The summed E-state index contributed by atoms with van der Waals surface area (Å²) in [7, 11) is 0. The van der Waals surface area contributed by atoms with Gasteiger partial charge in [0.15, 0.2) is 0 Å². The normalized spacial score (nSPS) is 26.7. The molecule has 1 saturated carbocycles. The summed E-state index contributed by atoms with van der Waals surface area (Å²) in [4.78, 5) is 5.36. The van der Waals surface area contributed by atoms with Crippen LogP contribution in [0, 0.1) is 0 Å². The molecule has 1 aromatic heterocycles. The van der Waals surface area contributed by atoms with Gasteiger partial charge in [0.1, 0.15) is 5.82 Å². The second kappa shape index (κ2) is 4.50. The topological polar surface area (TPSA) is 48.1 Å². The van der Waals surface area contributed by atoms with Crippen LogP contribution in [-0.4, -0.2) is 22.4 Å². The monoisotopic (exact) mass is 250 g/mol. The number of ether oxygens (including phenoxy) is 1. The first-order chi connectivity index (χ1) is 8.26. The molecule has 1 saturated heterocycles. The van der Waals surface area contributed by atoms with Gasteiger partial charge in [0.2, 0.25) is 0 Å². The van der Waals surface area contributed by atoms with Crippen LogP contribution in [0.1, 0.15) is 32.1 Å². The van der Waals surface area contributed by atoms with Gasteiger partial charge in [-0.2, -0.15) is 0 Å². The molecule has 1 atom stereocenters. The van der Waals surface area contributed by atoms with E-state index in [1.54, 1.807) is 0 Å². The minimum Gasteiger partial charge on any atom is -0.384 e. The molecule has 2 aliphatic rings. The number of anilines is 1. The van der Waals surface area contributed by atoms with E-state index in [0.717, 1.165) is 13.0 Å². The Morgan fingerprint density at radius 3 is 2.94 bits per heavy atom. The number of pyridine rings is 1. The lowest BCUT2D eigenvalue weighted by atomic mass is 9.75. The van der Waals surface area contributed by atoms with Gasteiger partial charge in [-0.25, -0.2) is 4.98 Å². The fourth-order valence-electron chi connectivity index (χ4n) is 2.66. The summed E-state index contributed by atoms with van der Waals surface area (Å²) in [5, 5.41) is 0.675. The summed E-state index contributed by atoms with van der Waals surface area (Å²) < 4.78 is 5.94. The Morgan fingerprint density at radius 1 is 1.41 bits per heavy atom. The number of hydrogen-bond donors (Lipinski definition) is 1. The molecule has 3 nitrogen and oxygen atoms in total. The third kappa shape index (κ3) is 2.43. The van der Waals surface area contributed by atoms with E-state index in [9.17, 15) is 0 Å².